The number of carbonyl (C=O) groups excluding carboxylic acids is 1. The predicted octanol–water partition coefficient (Wildman–Crippen LogP) is 2.24. The Kier molecular flexibility index (Phi) is 6.06. The second-order valence-electron chi connectivity index (χ2n) is 4.19. The van der Waals surface area contributed by atoms with Gasteiger partial charge in [0.25, 0.3) is 0 Å². The number of hydrogen-bond donors (Lipinski definition) is 0. The maximum Gasteiger partial charge on any atom is 0.311 e. The molecule has 0 fully saturated rings. The van der Waals surface area contributed by atoms with Crippen LogP contribution in [0.15, 0.2) is 30.7 Å². The van der Waals surface area contributed by atoms with Gasteiger partial charge < -0.3 is 9.30 Å². The summed E-state index contributed by atoms with van der Waals surface area (Å²) >= 11 is 0. The van der Waals surface area contributed by atoms with Crippen molar-refractivity contribution in [3.8, 4) is 6.07 Å². The molecule has 0 aliphatic rings. The van der Waals surface area contributed by atoms with Gasteiger partial charge in [-0.2, -0.15) is 5.26 Å². The minimum atomic E-state index is -0.556. The predicted molar refractivity (Wildman–Crippen MR) is 78.5 cm³/mol. The number of ether oxygens (including phenoxy) is 1. The number of halogens is 2. The van der Waals surface area contributed by atoms with Crippen molar-refractivity contribution in [1.82, 2.24) is 9.55 Å². The van der Waals surface area contributed by atoms with Crippen LogP contribution in [0.1, 0.15) is 16.8 Å². The molecule has 0 aliphatic carbocycles. The lowest BCUT2D eigenvalue weighted by Crippen LogP contribution is -2.10. The van der Waals surface area contributed by atoms with Crippen LogP contribution >= 0.6 is 17.0 Å². The quantitative estimate of drug-likeness (QED) is 0.790. The van der Waals surface area contributed by atoms with Gasteiger partial charge in [0.1, 0.15) is 11.9 Å². The van der Waals surface area contributed by atoms with Crippen LogP contribution < -0.4 is 0 Å². The van der Waals surface area contributed by atoms with E-state index in [4.69, 9.17) is 5.26 Å². The first-order valence-corrected chi connectivity index (χ1v) is 5.88. The standard InChI is InChI=1S/C14H12FN3O2.BrH/c1-20-14(19)5-12-7-17-9-18(12)8-10-2-3-11(6-16)13(15)4-10;/h2-4,7,9H,5,8H2,1H3;1H. The van der Waals surface area contributed by atoms with Crippen LogP contribution in [0.5, 0.6) is 0 Å². The van der Waals surface area contributed by atoms with Crippen LogP contribution in [0.4, 0.5) is 4.39 Å². The molecule has 0 spiro atoms. The molecule has 0 atom stereocenters. The third kappa shape index (κ3) is 4.13. The first kappa shape index (κ1) is 16.9. The maximum absolute atomic E-state index is 13.5. The van der Waals surface area contributed by atoms with Gasteiger partial charge in [-0.1, -0.05) is 6.07 Å². The van der Waals surface area contributed by atoms with Gasteiger partial charge in [-0.25, -0.2) is 9.37 Å². The average molecular weight is 354 g/mol. The summed E-state index contributed by atoms with van der Waals surface area (Å²) in [6, 6.07) is 6.18. The number of rotatable bonds is 4. The molecule has 0 saturated carbocycles. The minimum Gasteiger partial charge on any atom is -0.469 e. The summed E-state index contributed by atoms with van der Waals surface area (Å²) in [5.74, 6) is -0.919. The molecule has 21 heavy (non-hydrogen) atoms. The highest BCUT2D eigenvalue weighted by molar-refractivity contribution is 8.93. The first-order chi connectivity index (χ1) is 9.63. The Hall–Kier alpha value is -2.20. The molecule has 0 saturated heterocycles. The molecule has 0 amide bonds. The van der Waals surface area contributed by atoms with E-state index in [2.05, 4.69) is 9.72 Å². The number of carbonyl (C=O) groups is 1. The van der Waals surface area contributed by atoms with E-state index in [1.165, 1.54) is 19.2 Å². The van der Waals surface area contributed by atoms with Gasteiger partial charge in [0.05, 0.1) is 25.4 Å². The Morgan fingerprint density at radius 1 is 1.52 bits per heavy atom. The molecular weight excluding hydrogens is 341 g/mol. The van der Waals surface area contributed by atoms with Crippen molar-refractivity contribution in [2.45, 2.75) is 13.0 Å². The zero-order valence-corrected chi connectivity index (χ0v) is 13.0. The number of hydrogen-bond acceptors (Lipinski definition) is 4. The van der Waals surface area contributed by atoms with Crippen LogP contribution in [-0.2, 0) is 22.5 Å². The van der Waals surface area contributed by atoms with E-state index in [0.29, 0.717) is 17.8 Å². The van der Waals surface area contributed by atoms with Gasteiger partial charge in [-0.3, -0.25) is 4.79 Å². The number of aromatic nitrogens is 2. The zero-order valence-electron chi connectivity index (χ0n) is 11.2. The Morgan fingerprint density at radius 3 is 2.90 bits per heavy atom. The summed E-state index contributed by atoms with van der Waals surface area (Å²) in [4.78, 5) is 15.2. The van der Waals surface area contributed by atoms with Crippen LogP contribution in [0, 0.1) is 17.1 Å². The van der Waals surface area contributed by atoms with Crippen molar-refractivity contribution < 1.29 is 13.9 Å². The fourth-order valence-corrected chi connectivity index (χ4v) is 1.80. The highest BCUT2D eigenvalue weighted by atomic mass is 79.9. The van der Waals surface area contributed by atoms with E-state index in [9.17, 15) is 9.18 Å². The van der Waals surface area contributed by atoms with Crippen molar-refractivity contribution in [1.29, 1.82) is 5.26 Å². The molecule has 0 N–H and O–H groups in total. The topological polar surface area (TPSA) is 67.9 Å². The van der Waals surface area contributed by atoms with Crippen molar-refractivity contribution in [2.24, 2.45) is 0 Å². The van der Waals surface area contributed by atoms with E-state index in [1.807, 2.05) is 0 Å². The summed E-state index contributed by atoms with van der Waals surface area (Å²) in [5, 5.41) is 8.68. The van der Waals surface area contributed by atoms with Gasteiger partial charge in [0.2, 0.25) is 0 Å². The Morgan fingerprint density at radius 2 is 2.29 bits per heavy atom. The third-order valence-electron chi connectivity index (χ3n) is 2.86. The molecule has 7 heteroatoms. The van der Waals surface area contributed by atoms with Gasteiger partial charge in [-0.15, -0.1) is 17.0 Å². The molecule has 1 aromatic heterocycles. The highest BCUT2D eigenvalue weighted by Crippen LogP contribution is 2.12. The molecule has 1 heterocycles. The van der Waals surface area contributed by atoms with Crippen molar-refractivity contribution in [3.05, 3.63) is 53.4 Å². The second kappa shape index (κ2) is 7.55. The normalized spacial score (nSPS) is 9.57. The first-order valence-electron chi connectivity index (χ1n) is 5.88. The van der Waals surface area contributed by atoms with Crippen LogP contribution in [-0.4, -0.2) is 22.6 Å². The lowest BCUT2D eigenvalue weighted by molar-refractivity contribution is -0.139. The van der Waals surface area contributed by atoms with Crippen LogP contribution in [0.2, 0.25) is 0 Å². The number of nitriles is 1. The molecule has 110 valence electrons. The van der Waals surface area contributed by atoms with E-state index in [0.717, 1.165) is 0 Å². The van der Waals surface area contributed by atoms with Crippen molar-refractivity contribution in [3.63, 3.8) is 0 Å². The average Bonchev–Trinajstić information content (AvgIpc) is 2.86. The molecule has 2 aromatic rings. The van der Waals surface area contributed by atoms with Gasteiger partial charge in [0.15, 0.2) is 0 Å². The minimum absolute atomic E-state index is 0. The summed E-state index contributed by atoms with van der Waals surface area (Å²) in [7, 11) is 1.32. The van der Waals surface area contributed by atoms with E-state index in [1.54, 1.807) is 29.2 Å². The largest absolute Gasteiger partial charge is 0.469 e. The fourth-order valence-electron chi connectivity index (χ4n) is 1.80. The molecule has 0 unspecified atom stereocenters. The van der Waals surface area contributed by atoms with Gasteiger partial charge in [-0.05, 0) is 17.7 Å². The summed E-state index contributed by atoms with van der Waals surface area (Å²) in [6.07, 6.45) is 3.24. The number of methoxy groups -OCH3 is 1. The number of imidazole rings is 1. The van der Waals surface area contributed by atoms with Gasteiger partial charge >= 0.3 is 5.97 Å². The molecule has 0 bridgehead atoms. The SMILES string of the molecule is Br.COC(=O)Cc1cncn1Cc1ccc(C#N)c(F)c1. The third-order valence-corrected chi connectivity index (χ3v) is 2.86. The number of benzene rings is 1. The van der Waals surface area contributed by atoms with Crippen molar-refractivity contribution in [2.75, 3.05) is 7.11 Å². The summed E-state index contributed by atoms with van der Waals surface area (Å²) in [6.45, 7) is 0.370. The Balaban J connectivity index is 0.00000220. The van der Waals surface area contributed by atoms with E-state index >= 15 is 0 Å². The van der Waals surface area contributed by atoms with E-state index in [-0.39, 0.29) is 34.9 Å². The molecule has 0 radical (unpaired) electrons. The fraction of sp³-hybridized carbons (Fsp3) is 0.214. The number of nitrogens with zero attached hydrogens (tertiary/aromatic N) is 3. The molecule has 1 aromatic carbocycles. The van der Waals surface area contributed by atoms with Gasteiger partial charge in [0, 0.05) is 18.4 Å². The summed E-state index contributed by atoms with van der Waals surface area (Å²) in [5.41, 5.74) is 1.38. The number of esters is 1. The Bertz CT molecular complexity index is 679. The Labute approximate surface area is 131 Å². The highest BCUT2D eigenvalue weighted by Gasteiger charge is 2.10. The van der Waals surface area contributed by atoms with Crippen molar-refractivity contribution >= 4 is 23.0 Å². The second-order valence-corrected chi connectivity index (χ2v) is 4.19. The van der Waals surface area contributed by atoms with Crippen LogP contribution in [0.3, 0.4) is 0 Å². The lowest BCUT2D eigenvalue weighted by atomic mass is 10.1. The smallest absolute Gasteiger partial charge is 0.311 e. The van der Waals surface area contributed by atoms with E-state index < -0.39 is 5.82 Å². The molecule has 5 nitrogen and oxygen atoms in total. The summed E-state index contributed by atoms with van der Waals surface area (Å²) < 4.78 is 19.9. The lowest BCUT2D eigenvalue weighted by Gasteiger charge is -2.08. The zero-order chi connectivity index (χ0) is 14.5. The molecule has 2 rings (SSSR count). The maximum atomic E-state index is 13.5. The van der Waals surface area contributed by atoms with Crippen LogP contribution in [0.25, 0.3) is 0 Å². The molecular formula is C14H13BrFN3O2. The monoisotopic (exact) mass is 353 g/mol. The molecule has 0 aliphatic heterocycles.